The first kappa shape index (κ1) is 12.4. The number of rotatable bonds is 6. The van der Waals surface area contributed by atoms with E-state index in [1.54, 1.807) is 0 Å². The second kappa shape index (κ2) is 6.05. The van der Waals surface area contributed by atoms with Crippen LogP contribution in [0.25, 0.3) is 0 Å². The summed E-state index contributed by atoms with van der Waals surface area (Å²) in [4.78, 5) is 0. The number of aliphatic hydroxyl groups is 1. The molecule has 0 aliphatic heterocycles. The zero-order valence-electron chi connectivity index (χ0n) is 10.7. The highest BCUT2D eigenvalue weighted by Gasteiger charge is 2.38. The quantitative estimate of drug-likeness (QED) is 0.676. The lowest BCUT2D eigenvalue weighted by molar-refractivity contribution is 0.155. The maximum Gasteiger partial charge on any atom is 0.0537 e. The van der Waals surface area contributed by atoms with Gasteiger partial charge < -0.3 is 5.11 Å². The number of hydrogen-bond donors (Lipinski definition) is 1. The Hall–Kier alpha value is -0.0400. The molecule has 93 valence electrons. The van der Waals surface area contributed by atoms with Gasteiger partial charge in [0.2, 0.25) is 0 Å². The topological polar surface area (TPSA) is 20.2 Å². The molecule has 2 rings (SSSR count). The predicted octanol–water partition coefficient (Wildman–Crippen LogP) is 3.96. The second-order valence-electron chi connectivity index (χ2n) is 5.87. The van der Waals surface area contributed by atoms with Gasteiger partial charge in [-0.15, -0.1) is 0 Å². The van der Waals surface area contributed by atoms with Crippen LogP contribution in [-0.4, -0.2) is 11.2 Å². The van der Waals surface area contributed by atoms with Gasteiger partial charge >= 0.3 is 0 Å². The fourth-order valence-electron chi connectivity index (χ4n) is 3.77. The Kier molecular flexibility index (Phi) is 4.69. The summed E-state index contributed by atoms with van der Waals surface area (Å²) in [5.41, 5.74) is 0. The summed E-state index contributed by atoms with van der Waals surface area (Å²) in [6.45, 7) is 2.07. The molecule has 0 saturated heterocycles. The van der Waals surface area contributed by atoms with E-state index in [9.17, 15) is 5.11 Å². The third kappa shape index (κ3) is 3.00. The molecule has 0 aromatic carbocycles. The molecular weight excluding hydrogens is 196 g/mol. The lowest BCUT2D eigenvalue weighted by atomic mass is 9.88. The van der Waals surface area contributed by atoms with Gasteiger partial charge in [0.25, 0.3) is 0 Å². The fraction of sp³-hybridized carbons (Fsp3) is 0.933. The molecular formula is C15H27O. The highest BCUT2D eigenvalue weighted by Crippen LogP contribution is 2.48. The maximum absolute atomic E-state index is 9.50. The number of unbranched alkanes of at least 4 members (excludes halogenated alkanes) is 1. The number of fused-ring (bicyclic) bond motifs is 1. The lowest BCUT2D eigenvalue weighted by Gasteiger charge is -2.18. The van der Waals surface area contributed by atoms with Crippen LogP contribution in [0.15, 0.2) is 0 Å². The van der Waals surface area contributed by atoms with Crippen LogP contribution in [0.4, 0.5) is 0 Å². The van der Waals surface area contributed by atoms with Crippen molar-refractivity contribution >= 4 is 0 Å². The Morgan fingerprint density at radius 3 is 2.94 bits per heavy atom. The van der Waals surface area contributed by atoms with Gasteiger partial charge in [-0.3, -0.25) is 0 Å². The Bertz CT molecular complexity index is 202. The Morgan fingerprint density at radius 1 is 1.25 bits per heavy atom. The van der Waals surface area contributed by atoms with Gasteiger partial charge in [-0.2, -0.15) is 0 Å². The molecule has 1 N–H and O–H groups in total. The molecule has 0 spiro atoms. The minimum atomic E-state index is -0.0452. The summed E-state index contributed by atoms with van der Waals surface area (Å²) in [6, 6.07) is 0. The molecule has 1 radical (unpaired) electrons. The zero-order valence-corrected chi connectivity index (χ0v) is 10.7. The van der Waals surface area contributed by atoms with Crippen LogP contribution < -0.4 is 0 Å². The SMILES string of the molecule is CCC(O)CCCCC1CCC2C[CH]CC21. The largest absolute Gasteiger partial charge is 0.393 e. The normalized spacial score (nSPS) is 35.2. The van der Waals surface area contributed by atoms with E-state index in [1.165, 1.54) is 44.9 Å². The predicted molar refractivity (Wildman–Crippen MR) is 68.0 cm³/mol. The van der Waals surface area contributed by atoms with Gasteiger partial charge in [0.05, 0.1) is 6.10 Å². The number of aliphatic hydroxyl groups excluding tert-OH is 1. The van der Waals surface area contributed by atoms with Crippen LogP contribution in [0.2, 0.25) is 0 Å². The van der Waals surface area contributed by atoms with Crippen molar-refractivity contribution < 1.29 is 5.11 Å². The van der Waals surface area contributed by atoms with Gasteiger partial charge in [0.1, 0.15) is 0 Å². The van der Waals surface area contributed by atoms with E-state index in [2.05, 4.69) is 13.3 Å². The van der Waals surface area contributed by atoms with Crippen molar-refractivity contribution in [2.45, 2.75) is 70.8 Å². The highest BCUT2D eigenvalue weighted by atomic mass is 16.3. The van der Waals surface area contributed by atoms with Gasteiger partial charge in [-0.05, 0) is 62.7 Å². The average Bonchev–Trinajstić information content (AvgIpc) is 2.87. The summed E-state index contributed by atoms with van der Waals surface area (Å²) >= 11 is 0. The van der Waals surface area contributed by atoms with Crippen molar-refractivity contribution in [2.24, 2.45) is 17.8 Å². The van der Waals surface area contributed by atoms with Crippen LogP contribution in [-0.2, 0) is 0 Å². The van der Waals surface area contributed by atoms with E-state index in [-0.39, 0.29) is 6.10 Å². The molecule has 1 nitrogen and oxygen atoms in total. The summed E-state index contributed by atoms with van der Waals surface area (Å²) in [5.74, 6) is 3.10. The monoisotopic (exact) mass is 223 g/mol. The van der Waals surface area contributed by atoms with E-state index >= 15 is 0 Å². The van der Waals surface area contributed by atoms with Crippen LogP contribution >= 0.6 is 0 Å². The van der Waals surface area contributed by atoms with E-state index in [1.807, 2.05) is 0 Å². The first-order valence-electron chi connectivity index (χ1n) is 7.31. The molecule has 2 saturated carbocycles. The first-order chi connectivity index (χ1) is 7.81. The second-order valence-corrected chi connectivity index (χ2v) is 5.87. The molecule has 0 heterocycles. The third-order valence-corrected chi connectivity index (χ3v) is 4.86. The number of hydrogen-bond acceptors (Lipinski definition) is 1. The van der Waals surface area contributed by atoms with Crippen molar-refractivity contribution in [3.8, 4) is 0 Å². The molecule has 2 fully saturated rings. The smallest absolute Gasteiger partial charge is 0.0537 e. The molecule has 2 aliphatic carbocycles. The standard InChI is InChI=1S/C15H27O/c1-2-14(16)8-4-3-6-12-10-11-13-7-5-9-15(12)13/h5,12-16H,2-4,6-11H2,1H3. The Morgan fingerprint density at radius 2 is 2.12 bits per heavy atom. The minimum absolute atomic E-state index is 0.0452. The lowest BCUT2D eigenvalue weighted by Crippen LogP contribution is -2.10. The van der Waals surface area contributed by atoms with E-state index in [0.29, 0.717) is 0 Å². The van der Waals surface area contributed by atoms with Crippen molar-refractivity contribution in [1.82, 2.24) is 0 Å². The first-order valence-corrected chi connectivity index (χ1v) is 7.31. The maximum atomic E-state index is 9.50. The van der Waals surface area contributed by atoms with E-state index in [0.717, 1.165) is 30.6 Å². The van der Waals surface area contributed by atoms with Crippen LogP contribution in [0, 0.1) is 24.2 Å². The summed E-state index contributed by atoms with van der Waals surface area (Å²) in [7, 11) is 0. The van der Waals surface area contributed by atoms with E-state index < -0.39 is 0 Å². The van der Waals surface area contributed by atoms with Gasteiger partial charge in [-0.25, -0.2) is 0 Å². The fourth-order valence-corrected chi connectivity index (χ4v) is 3.77. The third-order valence-electron chi connectivity index (χ3n) is 4.86. The van der Waals surface area contributed by atoms with Gasteiger partial charge in [-0.1, -0.05) is 26.2 Å². The van der Waals surface area contributed by atoms with Gasteiger partial charge in [0, 0.05) is 0 Å². The minimum Gasteiger partial charge on any atom is -0.393 e. The Labute approximate surface area is 101 Å². The molecule has 4 atom stereocenters. The van der Waals surface area contributed by atoms with Crippen LogP contribution in [0.3, 0.4) is 0 Å². The summed E-state index contributed by atoms with van der Waals surface area (Å²) in [6.07, 6.45) is 14.2. The Balaban J connectivity index is 1.59. The molecule has 1 heteroatoms. The van der Waals surface area contributed by atoms with E-state index in [4.69, 9.17) is 0 Å². The molecule has 2 aliphatic rings. The highest BCUT2D eigenvalue weighted by molar-refractivity contribution is 4.95. The van der Waals surface area contributed by atoms with Crippen molar-refractivity contribution in [3.63, 3.8) is 0 Å². The molecule has 0 bridgehead atoms. The molecule has 0 aromatic rings. The van der Waals surface area contributed by atoms with Crippen molar-refractivity contribution in [2.75, 3.05) is 0 Å². The molecule has 16 heavy (non-hydrogen) atoms. The van der Waals surface area contributed by atoms with Crippen molar-refractivity contribution in [3.05, 3.63) is 6.42 Å². The molecule has 4 unspecified atom stereocenters. The zero-order chi connectivity index (χ0) is 11.4. The summed E-state index contributed by atoms with van der Waals surface area (Å²) < 4.78 is 0. The molecule has 0 aromatic heterocycles. The van der Waals surface area contributed by atoms with Gasteiger partial charge in [0.15, 0.2) is 0 Å². The van der Waals surface area contributed by atoms with Crippen LogP contribution in [0.1, 0.15) is 64.7 Å². The van der Waals surface area contributed by atoms with Crippen LogP contribution in [0.5, 0.6) is 0 Å². The summed E-state index contributed by atoms with van der Waals surface area (Å²) in [5, 5.41) is 9.50. The van der Waals surface area contributed by atoms with Crippen molar-refractivity contribution in [1.29, 1.82) is 0 Å². The molecule has 0 amide bonds. The average molecular weight is 223 g/mol.